The summed E-state index contributed by atoms with van der Waals surface area (Å²) in [4.78, 5) is 2.20. The van der Waals surface area contributed by atoms with Crippen LogP contribution in [0.5, 0.6) is 5.75 Å². The molecule has 1 aliphatic heterocycles. The lowest BCUT2D eigenvalue weighted by Gasteiger charge is -2.35. The molecule has 1 saturated carbocycles. The van der Waals surface area contributed by atoms with E-state index in [0.717, 1.165) is 37.4 Å². The van der Waals surface area contributed by atoms with Crippen LogP contribution in [-0.4, -0.2) is 44.2 Å². The zero-order chi connectivity index (χ0) is 14.2. The molecular weight excluding hydrogens is 276 g/mol. The third kappa shape index (κ3) is 2.62. The van der Waals surface area contributed by atoms with Crippen LogP contribution >= 0.6 is 0 Å². The van der Waals surface area contributed by atoms with Crippen LogP contribution in [-0.2, 0) is 10.0 Å². The van der Waals surface area contributed by atoms with Gasteiger partial charge in [0.05, 0.1) is 5.25 Å². The Kier molecular flexibility index (Phi) is 3.60. The van der Waals surface area contributed by atoms with Gasteiger partial charge in [0.25, 0.3) is 0 Å². The van der Waals surface area contributed by atoms with E-state index in [2.05, 4.69) is 12.0 Å². The highest BCUT2D eigenvalue weighted by atomic mass is 32.2. The highest BCUT2D eigenvalue weighted by Crippen LogP contribution is 2.31. The van der Waals surface area contributed by atoms with Gasteiger partial charge in [0.15, 0.2) is 0 Å². The number of rotatable bonds is 4. The van der Waals surface area contributed by atoms with Crippen LogP contribution < -0.4 is 9.64 Å². The Hall–Kier alpha value is -1.27. The standard InChI is InChI=1S/C14H19N2O3S/c1-19-13-4-2-12(3-5-13)15-8-10-16(11-9-15)20(17,18)14-6-7-14/h2-5,14H,1,6-11H2. The maximum Gasteiger partial charge on any atom is 0.217 e. The molecule has 6 heteroatoms. The lowest BCUT2D eigenvalue weighted by Crippen LogP contribution is -2.49. The summed E-state index contributed by atoms with van der Waals surface area (Å²) in [5.74, 6) is 0.726. The predicted octanol–water partition coefficient (Wildman–Crippen LogP) is 1.47. The molecule has 0 bridgehead atoms. The minimum Gasteiger partial charge on any atom is -0.490 e. The fourth-order valence-electron chi connectivity index (χ4n) is 2.53. The Bertz CT molecular complexity index is 559. The molecule has 0 amide bonds. The molecule has 0 atom stereocenters. The maximum absolute atomic E-state index is 12.2. The molecule has 1 heterocycles. The van der Waals surface area contributed by atoms with Gasteiger partial charge in [-0.05, 0) is 37.1 Å². The smallest absolute Gasteiger partial charge is 0.217 e. The fourth-order valence-corrected chi connectivity index (χ4v) is 4.36. The predicted molar refractivity (Wildman–Crippen MR) is 78.2 cm³/mol. The second-order valence-corrected chi connectivity index (χ2v) is 7.48. The topological polar surface area (TPSA) is 49.9 Å². The van der Waals surface area contributed by atoms with Gasteiger partial charge in [0.1, 0.15) is 12.9 Å². The summed E-state index contributed by atoms with van der Waals surface area (Å²) in [6.45, 7) is 2.62. The first-order chi connectivity index (χ1) is 9.61. The summed E-state index contributed by atoms with van der Waals surface area (Å²) in [6, 6.07) is 7.70. The molecule has 3 rings (SSSR count). The minimum absolute atomic E-state index is 0.109. The van der Waals surface area contributed by atoms with Crippen LogP contribution in [0.15, 0.2) is 24.3 Å². The van der Waals surface area contributed by atoms with Crippen molar-refractivity contribution in [1.82, 2.24) is 4.31 Å². The van der Waals surface area contributed by atoms with Gasteiger partial charge in [0.2, 0.25) is 10.0 Å². The van der Waals surface area contributed by atoms with Gasteiger partial charge in [-0.1, -0.05) is 0 Å². The Morgan fingerprint density at radius 2 is 1.65 bits per heavy atom. The minimum atomic E-state index is -3.03. The van der Waals surface area contributed by atoms with Crippen molar-refractivity contribution in [1.29, 1.82) is 0 Å². The van der Waals surface area contributed by atoms with E-state index in [-0.39, 0.29) is 5.25 Å². The highest BCUT2D eigenvalue weighted by molar-refractivity contribution is 7.90. The van der Waals surface area contributed by atoms with E-state index < -0.39 is 10.0 Å². The summed E-state index contributed by atoms with van der Waals surface area (Å²) in [6.07, 6.45) is 1.66. The molecule has 0 unspecified atom stereocenters. The van der Waals surface area contributed by atoms with Crippen molar-refractivity contribution >= 4 is 15.7 Å². The average Bonchev–Trinajstić information content (AvgIpc) is 3.33. The number of hydrogen-bond acceptors (Lipinski definition) is 4. The molecule has 1 saturated heterocycles. The number of ether oxygens (including phenoxy) is 1. The molecule has 0 N–H and O–H groups in total. The van der Waals surface area contributed by atoms with Crippen LogP contribution in [0.1, 0.15) is 12.8 Å². The third-order valence-corrected chi connectivity index (χ3v) is 6.31. The van der Waals surface area contributed by atoms with E-state index in [1.807, 2.05) is 24.3 Å². The summed E-state index contributed by atoms with van der Waals surface area (Å²) >= 11 is 0. The number of nitrogens with zero attached hydrogens (tertiary/aromatic N) is 2. The highest BCUT2D eigenvalue weighted by Gasteiger charge is 2.40. The van der Waals surface area contributed by atoms with E-state index in [1.54, 1.807) is 4.31 Å². The Morgan fingerprint density at radius 1 is 1.05 bits per heavy atom. The van der Waals surface area contributed by atoms with Crippen molar-refractivity contribution < 1.29 is 13.2 Å². The van der Waals surface area contributed by atoms with Crippen molar-refractivity contribution in [3.8, 4) is 5.75 Å². The van der Waals surface area contributed by atoms with Gasteiger partial charge in [-0.15, -0.1) is 0 Å². The molecule has 1 aromatic carbocycles. The number of benzene rings is 1. The first-order valence-electron chi connectivity index (χ1n) is 6.87. The summed E-state index contributed by atoms with van der Waals surface area (Å²) in [5.41, 5.74) is 1.09. The van der Waals surface area contributed by atoms with Crippen molar-refractivity contribution in [2.24, 2.45) is 0 Å². The van der Waals surface area contributed by atoms with E-state index in [4.69, 9.17) is 4.74 Å². The van der Waals surface area contributed by atoms with Crippen molar-refractivity contribution in [3.63, 3.8) is 0 Å². The molecule has 2 fully saturated rings. The SMILES string of the molecule is [CH2]Oc1ccc(N2CCN(S(=O)(=O)C3CC3)CC2)cc1. The number of piperazine rings is 1. The van der Waals surface area contributed by atoms with Gasteiger partial charge in [-0.3, -0.25) is 0 Å². The van der Waals surface area contributed by atoms with Crippen LogP contribution in [0.4, 0.5) is 5.69 Å². The molecule has 0 aromatic heterocycles. The lowest BCUT2D eigenvalue weighted by molar-refractivity contribution is 0.384. The second kappa shape index (κ2) is 5.26. The average molecular weight is 295 g/mol. The second-order valence-electron chi connectivity index (χ2n) is 5.27. The first kappa shape index (κ1) is 13.7. The lowest BCUT2D eigenvalue weighted by atomic mass is 10.2. The quantitative estimate of drug-likeness (QED) is 0.844. The number of anilines is 1. The third-order valence-electron chi connectivity index (χ3n) is 3.91. The van der Waals surface area contributed by atoms with Crippen LogP contribution in [0.2, 0.25) is 0 Å². The van der Waals surface area contributed by atoms with E-state index >= 15 is 0 Å². The molecular formula is C14H19N2O3S. The Morgan fingerprint density at radius 3 is 2.15 bits per heavy atom. The molecule has 20 heavy (non-hydrogen) atoms. The Labute approximate surface area is 120 Å². The maximum atomic E-state index is 12.2. The van der Waals surface area contributed by atoms with Crippen LogP contribution in [0.25, 0.3) is 0 Å². The molecule has 109 valence electrons. The van der Waals surface area contributed by atoms with Crippen molar-refractivity contribution in [2.45, 2.75) is 18.1 Å². The van der Waals surface area contributed by atoms with Gasteiger partial charge in [-0.2, -0.15) is 4.31 Å². The molecule has 5 nitrogen and oxygen atoms in total. The normalized spacial score (nSPS) is 20.9. The van der Waals surface area contributed by atoms with Crippen molar-refractivity contribution in [3.05, 3.63) is 31.4 Å². The molecule has 1 radical (unpaired) electrons. The zero-order valence-electron chi connectivity index (χ0n) is 11.4. The van der Waals surface area contributed by atoms with Gasteiger partial charge >= 0.3 is 0 Å². The van der Waals surface area contributed by atoms with Gasteiger partial charge in [0, 0.05) is 31.9 Å². The monoisotopic (exact) mass is 295 g/mol. The molecule has 1 aliphatic carbocycles. The molecule has 1 aromatic rings. The van der Waals surface area contributed by atoms with Crippen LogP contribution in [0, 0.1) is 7.11 Å². The van der Waals surface area contributed by atoms with E-state index in [1.165, 1.54) is 0 Å². The zero-order valence-corrected chi connectivity index (χ0v) is 12.2. The van der Waals surface area contributed by atoms with E-state index in [0.29, 0.717) is 13.1 Å². The fraction of sp³-hybridized carbons (Fsp3) is 0.500. The number of sulfonamides is 1. The van der Waals surface area contributed by atoms with Crippen LogP contribution in [0.3, 0.4) is 0 Å². The first-order valence-corrected chi connectivity index (χ1v) is 8.37. The largest absolute Gasteiger partial charge is 0.490 e. The summed E-state index contributed by atoms with van der Waals surface area (Å²) < 4.78 is 30.9. The summed E-state index contributed by atoms with van der Waals surface area (Å²) in [7, 11) is 0.344. The molecule has 0 spiro atoms. The van der Waals surface area contributed by atoms with Gasteiger partial charge < -0.3 is 9.64 Å². The van der Waals surface area contributed by atoms with Gasteiger partial charge in [-0.25, -0.2) is 8.42 Å². The van der Waals surface area contributed by atoms with Crippen molar-refractivity contribution in [2.75, 3.05) is 31.1 Å². The number of hydrogen-bond donors (Lipinski definition) is 0. The molecule has 2 aliphatic rings. The van der Waals surface area contributed by atoms with E-state index in [9.17, 15) is 8.42 Å². The Balaban J connectivity index is 1.63. The summed E-state index contributed by atoms with van der Waals surface area (Å²) in [5, 5.41) is -0.109.